The van der Waals surface area contributed by atoms with E-state index in [1.54, 1.807) is 13.1 Å². The van der Waals surface area contributed by atoms with E-state index < -0.39 is 5.82 Å². The summed E-state index contributed by atoms with van der Waals surface area (Å²) in [5, 5.41) is 0. The van der Waals surface area contributed by atoms with Crippen molar-refractivity contribution in [3.05, 3.63) is 33.5 Å². The van der Waals surface area contributed by atoms with Crippen LogP contribution in [0.1, 0.15) is 15.9 Å². The third kappa shape index (κ3) is 1.25. The average Bonchev–Trinajstić information content (AvgIpc) is 2.27. The van der Waals surface area contributed by atoms with Crippen LogP contribution in [0.4, 0.5) is 4.39 Å². The zero-order valence-electron chi connectivity index (χ0n) is 6.97. The first-order valence-electron chi connectivity index (χ1n) is 3.83. The van der Waals surface area contributed by atoms with Gasteiger partial charge in [-0.3, -0.25) is 4.79 Å². The van der Waals surface area contributed by atoms with Crippen LogP contribution in [-0.2, 0) is 6.54 Å². The summed E-state index contributed by atoms with van der Waals surface area (Å²) in [7, 11) is 1.66. The molecule has 1 aromatic rings. The number of carbonyl (C=O) groups excluding carboxylic acids is 1. The Balaban J connectivity index is 2.64. The summed E-state index contributed by atoms with van der Waals surface area (Å²) in [6, 6.07) is 3.09. The second kappa shape index (κ2) is 2.80. The first kappa shape index (κ1) is 8.69. The molecular weight excluding hydrogens is 237 g/mol. The fraction of sp³-hybridized carbons (Fsp3) is 0.222. The number of benzene rings is 1. The highest BCUT2D eigenvalue weighted by Crippen LogP contribution is 2.27. The second-order valence-electron chi connectivity index (χ2n) is 3.08. The van der Waals surface area contributed by atoms with E-state index in [1.807, 2.05) is 0 Å². The quantitative estimate of drug-likeness (QED) is 0.684. The van der Waals surface area contributed by atoms with Crippen molar-refractivity contribution in [3.8, 4) is 0 Å². The Hall–Kier alpha value is -0.900. The van der Waals surface area contributed by atoms with E-state index in [-0.39, 0.29) is 11.5 Å². The maximum Gasteiger partial charge on any atom is 0.257 e. The van der Waals surface area contributed by atoms with Gasteiger partial charge in [0.15, 0.2) is 0 Å². The van der Waals surface area contributed by atoms with Gasteiger partial charge in [0, 0.05) is 18.1 Å². The number of carbonyl (C=O) groups is 1. The molecule has 0 fully saturated rings. The Morgan fingerprint density at radius 3 is 2.92 bits per heavy atom. The summed E-state index contributed by atoms with van der Waals surface area (Å²) in [5.41, 5.74) is 0.963. The summed E-state index contributed by atoms with van der Waals surface area (Å²) in [4.78, 5) is 12.9. The summed E-state index contributed by atoms with van der Waals surface area (Å²) >= 11 is 3.19. The lowest BCUT2D eigenvalue weighted by molar-refractivity contribution is 0.0813. The third-order valence-corrected chi connectivity index (χ3v) is 2.56. The van der Waals surface area contributed by atoms with Gasteiger partial charge in [0.25, 0.3) is 5.91 Å². The molecule has 0 unspecified atom stereocenters. The highest BCUT2D eigenvalue weighted by atomic mass is 79.9. The van der Waals surface area contributed by atoms with E-state index >= 15 is 0 Å². The first-order chi connectivity index (χ1) is 6.09. The Kier molecular flexibility index (Phi) is 1.87. The number of amides is 1. The lowest BCUT2D eigenvalue weighted by atomic mass is 10.1. The van der Waals surface area contributed by atoms with Crippen molar-refractivity contribution >= 4 is 21.8 Å². The number of hydrogen-bond donors (Lipinski definition) is 0. The van der Waals surface area contributed by atoms with Gasteiger partial charge in [-0.25, -0.2) is 4.39 Å². The predicted molar refractivity (Wildman–Crippen MR) is 49.9 cm³/mol. The van der Waals surface area contributed by atoms with Crippen LogP contribution >= 0.6 is 15.9 Å². The molecule has 0 saturated carbocycles. The highest BCUT2D eigenvalue weighted by molar-refractivity contribution is 9.10. The van der Waals surface area contributed by atoms with Gasteiger partial charge in [-0.15, -0.1) is 0 Å². The minimum absolute atomic E-state index is 0.214. The van der Waals surface area contributed by atoms with Crippen LogP contribution in [0.2, 0.25) is 0 Å². The molecule has 0 radical (unpaired) electrons. The van der Waals surface area contributed by atoms with Gasteiger partial charge in [0.2, 0.25) is 0 Å². The molecule has 2 nitrogen and oxygen atoms in total. The van der Waals surface area contributed by atoms with E-state index in [2.05, 4.69) is 15.9 Å². The van der Waals surface area contributed by atoms with Crippen molar-refractivity contribution in [3.63, 3.8) is 0 Å². The van der Waals surface area contributed by atoms with Gasteiger partial charge < -0.3 is 4.90 Å². The second-order valence-corrected chi connectivity index (χ2v) is 4.00. The van der Waals surface area contributed by atoms with Gasteiger partial charge >= 0.3 is 0 Å². The van der Waals surface area contributed by atoms with E-state index in [9.17, 15) is 9.18 Å². The molecule has 68 valence electrons. The summed E-state index contributed by atoms with van der Waals surface area (Å²) in [6.45, 7) is 0.491. The molecule has 0 atom stereocenters. The molecule has 1 aliphatic heterocycles. The molecule has 1 aliphatic rings. The Morgan fingerprint density at radius 2 is 2.23 bits per heavy atom. The maximum absolute atomic E-state index is 13.3. The smallest absolute Gasteiger partial charge is 0.257 e. The Labute approximate surface area is 83.5 Å². The predicted octanol–water partition coefficient (Wildman–Crippen LogP) is 2.17. The van der Waals surface area contributed by atoms with Crippen molar-refractivity contribution in [1.82, 2.24) is 4.90 Å². The molecule has 1 aromatic carbocycles. The number of fused-ring (bicyclic) bond motifs is 1. The molecular formula is C9H7BrFNO. The van der Waals surface area contributed by atoms with E-state index in [0.717, 1.165) is 5.56 Å². The SMILES string of the molecule is CN1Cc2cc(Br)cc(F)c2C1=O. The van der Waals surface area contributed by atoms with Crippen LogP contribution in [0.15, 0.2) is 16.6 Å². The van der Waals surface area contributed by atoms with Crippen LogP contribution < -0.4 is 0 Å². The molecule has 0 spiro atoms. The van der Waals surface area contributed by atoms with E-state index in [0.29, 0.717) is 11.0 Å². The van der Waals surface area contributed by atoms with Crippen molar-refractivity contribution < 1.29 is 9.18 Å². The summed E-state index contributed by atoms with van der Waals surface area (Å²) in [5.74, 6) is -0.682. The molecule has 0 bridgehead atoms. The van der Waals surface area contributed by atoms with Crippen molar-refractivity contribution in [1.29, 1.82) is 0 Å². The zero-order chi connectivity index (χ0) is 9.59. The Bertz CT molecular complexity index is 391. The fourth-order valence-electron chi connectivity index (χ4n) is 1.51. The largest absolute Gasteiger partial charge is 0.337 e. The van der Waals surface area contributed by atoms with Crippen LogP contribution in [0, 0.1) is 5.82 Å². The van der Waals surface area contributed by atoms with Gasteiger partial charge in [-0.2, -0.15) is 0 Å². The van der Waals surface area contributed by atoms with Crippen molar-refractivity contribution in [2.45, 2.75) is 6.54 Å². The molecule has 0 aliphatic carbocycles. The van der Waals surface area contributed by atoms with Crippen LogP contribution in [0.5, 0.6) is 0 Å². The standard InChI is InChI=1S/C9H7BrFNO/c1-12-4-5-2-6(10)3-7(11)8(5)9(12)13/h2-3H,4H2,1H3. The lowest BCUT2D eigenvalue weighted by Crippen LogP contribution is -2.18. The third-order valence-electron chi connectivity index (χ3n) is 2.10. The van der Waals surface area contributed by atoms with Crippen LogP contribution in [-0.4, -0.2) is 17.9 Å². The molecule has 0 saturated heterocycles. The van der Waals surface area contributed by atoms with Gasteiger partial charge in [-0.1, -0.05) is 15.9 Å². The normalized spacial score (nSPS) is 15.0. The van der Waals surface area contributed by atoms with E-state index in [4.69, 9.17) is 0 Å². The van der Waals surface area contributed by atoms with Gasteiger partial charge in [0.1, 0.15) is 5.82 Å². The van der Waals surface area contributed by atoms with Crippen molar-refractivity contribution in [2.24, 2.45) is 0 Å². The maximum atomic E-state index is 13.3. The topological polar surface area (TPSA) is 20.3 Å². The van der Waals surface area contributed by atoms with Crippen LogP contribution in [0.25, 0.3) is 0 Å². The number of hydrogen-bond acceptors (Lipinski definition) is 1. The number of rotatable bonds is 0. The molecule has 13 heavy (non-hydrogen) atoms. The Morgan fingerprint density at radius 1 is 1.54 bits per heavy atom. The molecule has 0 N–H and O–H groups in total. The monoisotopic (exact) mass is 243 g/mol. The first-order valence-corrected chi connectivity index (χ1v) is 4.62. The summed E-state index contributed by atoms with van der Waals surface area (Å²) < 4.78 is 14.0. The molecule has 0 aromatic heterocycles. The highest BCUT2D eigenvalue weighted by Gasteiger charge is 2.27. The minimum atomic E-state index is -0.446. The lowest BCUT2D eigenvalue weighted by Gasteiger charge is -2.04. The van der Waals surface area contributed by atoms with Gasteiger partial charge in [-0.05, 0) is 17.7 Å². The molecule has 2 rings (SSSR count). The average molecular weight is 244 g/mol. The van der Waals surface area contributed by atoms with Gasteiger partial charge in [0.05, 0.1) is 5.56 Å². The molecule has 4 heteroatoms. The fourth-order valence-corrected chi connectivity index (χ4v) is 1.99. The molecule has 1 heterocycles. The number of halogens is 2. The summed E-state index contributed by atoms with van der Waals surface area (Å²) in [6.07, 6.45) is 0. The van der Waals surface area contributed by atoms with Crippen LogP contribution in [0.3, 0.4) is 0 Å². The minimum Gasteiger partial charge on any atom is -0.337 e. The zero-order valence-corrected chi connectivity index (χ0v) is 8.56. The number of nitrogens with zero attached hydrogens (tertiary/aromatic N) is 1. The van der Waals surface area contributed by atoms with Crippen molar-refractivity contribution in [2.75, 3.05) is 7.05 Å². The van der Waals surface area contributed by atoms with E-state index in [1.165, 1.54) is 11.0 Å². The molecule has 1 amide bonds.